The summed E-state index contributed by atoms with van der Waals surface area (Å²) >= 11 is 0. The van der Waals surface area contributed by atoms with Gasteiger partial charge >= 0.3 is 6.18 Å². The predicted octanol–water partition coefficient (Wildman–Crippen LogP) is 1.29. The molecule has 0 saturated carbocycles. The van der Waals surface area contributed by atoms with Gasteiger partial charge < -0.3 is 5.73 Å². The van der Waals surface area contributed by atoms with Crippen LogP contribution in [0, 0.1) is 0 Å². The van der Waals surface area contributed by atoms with Crippen LogP contribution in [0.15, 0.2) is 0 Å². The monoisotopic (exact) mass is 253 g/mol. The molecule has 102 valence electrons. The maximum Gasteiger partial charge on any atom is 0.405 e. The highest BCUT2D eigenvalue weighted by atomic mass is 19.4. The zero-order chi connectivity index (χ0) is 13.1. The van der Waals surface area contributed by atoms with E-state index in [1.165, 1.54) is 4.90 Å². The Morgan fingerprint density at radius 3 is 1.94 bits per heavy atom. The highest BCUT2D eigenvalue weighted by Gasteiger charge is 2.43. The van der Waals surface area contributed by atoms with Gasteiger partial charge in [0, 0.05) is 38.8 Å². The molecule has 1 fully saturated rings. The van der Waals surface area contributed by atoms with Crippen molar-refractivity contribution < 1.29 is 13.2 Å². The summed E-state index contributed by atoms with van der Waals surface area (Å²) in [6, 6.07) is -1.04. The van der Waals surface area contributed by atoms with E-state index in [1.807, 2.05) is 0 Å². The molecule has 2 atom stereocenters. The van der Waals surface area contributed by atoms with Crippen LogP contribution in [0.2, 0.25) is 0 Å². The Labute approximate surface area is 101 Å². The molecule has 3 nitrogen and oxygen atoms in total. The van der Waals surface area contributed by atoms with Crippen LogP contribution in [0.5, 0.6) is 0 Å². The van der Waals surface area contributed by atoms with E-state index in [0.717, 1.165) is 6.42 Å². The molecule has 6 heteroatoms. The highest BCUT2D eigenvalue weighted by molar-refractivity contribution is 4.85. The lowest BCUT2D eigenvalue weighted by atomic mass is 10.1. The van der Waals surface area contributed by atoms with Crippen molar-refractivity contribution in [3.8, 4) is 0 Å². The fourth-order valence-electron chi connectivity index (χ4n) is 2.24. The minimum Gasteiger partial charge on any atom is -0.329 e. The summed E-state index contributed by atoms with van der Waals surface area (Å²) in [6.45, 7) is 6.14. The predicted molar refractivity (Wildman–Crippen MR) is 61.8 cm³/mol. The first-order chi connectivity index (χ1) is 7.90. The first kappa shape index (κ1) is 14.7. The number of nitrogens with two attached hydrogens (primary N) is 1. The van der Waals surface area contributed by atoms with Crippen molar-refractivity contribution in [2.24, 2.45) is 5.73 Å². The fourth-order valence-corrected chi connectivity index (χ4v) is 2.24. The van der Waals surface area contributed by atoms with Crippen molar-refractivity contribution in [1.29, 1.82) is 0 Å². The Bertz CT molecular complexity index is 224. The molecule has 2 N–H and O–H groups in total. The highest BCUT2D eigenvalue weighted by Crippen LogP contribution is 2.25. The average molecular weight is 253 g/mol. The van der Waals surface area contributed by atoms with Gasteiger partial charge in [0.1, 0.15) is 6.04 Å². The molecule has 2 unspecified atom stereocenters. The normalized spacial score (nSPS) is 23.6. The van der Waals surface area contributed by atoms with Gasteiger partial charge in [-0.2, -0.15) is 13.2 Å². The summed E-state index contributed by atoms with van der Waals surface area (Å²) in [5.74, 6) is 0. The molecule has 1 saturated heterocycles. The van der Waals surface area contributed by atoms with Gasteiger partial charge in [0.25, 0.3) is 0 Å². The summed E-state index contributed by atoms with van der Waals surface area (Å²) in [7, 11) is 0. The minimum atomic E-state index is -4.21. The lowest BCUT2D eigenvalue weighted by molar-refractivity contribution is -0.185. The van der Waals surface area contributed by atoms with E-state index in [1.54, 1.807) is 0 Å². The topological polar surface area (TPSA) is 32.5 Å². The quantitative estimate of drug-likeness (QED) is 0.819. The minimum absolute atomic E-state index is 0.354. The van der Waals surface area contributed by atoms with Gasteiger partial charge in [-0.1, -0.05) is 6.92 Å². The van der Waals surface area contributed by atoms with Gasteiger partial charge in [-0.05, 0) is 13.3 Å². The standard InChI is InChI=1S/C11H22F3N3/c1-3-9(2)16-4-6-17(7-5-16)10(8-15)11(12,13)14/h9-10H,3-8,15H2,1-2H3. The Morgan fingerprint density at radius 1 is 1.12 bits per heavy atom. The molecule has 0 aliphatic carbocycles. The van der Waals surface area contributed by atoms with Crippen molar-refractivity contribution in [3.63, 3.8) is 0 Å². The molecule has 0 aromatic rings. The van der Waals surface area contributed by atoms with Crippen molar-refractivity contribution >= 4 is 0 Å². The van der Waals surface area contributed by atoms with E-state index in [-0.39, 0.29) is 6.54 Å². The molecule has 1 aliphatic rings. The van der Waals surface area contributed by atoms with E-state index in [2.05, 4.69) is 18.7 Å². The lowest BCUT2D eigenvalue weighted by Gasteiger charge is -2.41. The van der Waals surface area contributed by atoms with Crippen molar-refractivity contribution in [1.82, 2.24) is 9.80 Å². The number of piperazine rings is 1. The fraction of sp³-hybridized carbons (Fsp3) is 1.00. The third kappa shape index (κ3) is 3.82. The van der Waals surface area contributed by atoms with Gasteiger partial charge in [0.15, 0.2) is 0 Å². The van der Waals surface area contributed by atoms with Crippen LogP contribution in [0.3, 0.4) is 0 Å². The number of nitrogens with zero attached hydrogens (tertiary/aromatic N) is 2. The second-order valence-corrected chi connectivity index (χ2v) is 4.62. The van der Waals surface area contributed by atoms with Crippen LogP contribution in [0.4, 0.5) is 13.2 Å². The molecule has 0 aromatic heterocycles. The van der Waals surface area contributed by atoms with Crippen molar-refractivity contribution in [2.75, 3.05) is 32.7 Å². The van der Waals surface area contributed by atoms with Gasteiger partial charge in [0.05, 0.1) is 0 Å². The average Bonchev–Trinajstić information content (AvgIpc) is 2.28. The summed E-state index contributed by atoms with van der Waals surface area (Å²) in [5.41, 5.74) is 5.24. The van der Waals surface area contributed by atoms with Gasteiger partial charge in [-0.15, -0.1) is 0 Å². The molecule has 1 heterocycles. The summed E-state index contributed by atoms with van der Waals surface area (Å²) in [4.78, 5) is 3.69. The van der Waals surface area contributed by atoms with Gasteiger partial charge in [0.2, 0.25) is 0 Å². The number of halogens is 3. The molecule has 0 radical (unpaired) electrons. The molecule has 0 spiro atoms. The van der Waals surface area contributed by atoms with Gasteiger partial charge in [-0.3, -0.25) is 9.80 Å². The van der Waals surface area contributed by atoms with Crippen LogP contribution in [-0.2, 0) is 0 Å². The molecule has 0 amide bonds. The van der Waals surface area contributed by atoms with Crippen molar-refractivity contribution in [2.45, 2.75) is 38.5 Å². The summed E-state index contributed by atoms with van der Waals surface area (Å²) in [6.07, 6.45) is -3.19. The Hall–Kier alpha value is -0.330. The maximum atomic E-state index is 12.7. The van der Waals surface area contributed by atoms with Crippen LogP contribution in [0.25, 0.3) is 0 Å². The lowest BCUT2D eigenvalue weighted by Crippen LogP contribution is -2.58. The molecular weight excluding hydrogens is 231 g/mol. The Morgan fingerprint density at radius 2 is 1.59 bits per heavy atom. The van der Waals surface area contributed by atoms with E-state index >= 15 is 0 Å². The van der Waals surface area contributed by atoms with E-state index in [0.29, 0.717) is 32.2 Å². The zero-order valence-electron chi connectivity index (χ0n) is 10.5. The number of rotatable bonds is 4. The number of hydrogen-bond acceptors (Lipinski definition) is 3. The SMILES string of the molecule is CCC(C)N1CCN(C(CN)C(F)(F)F)CC1. The van der Waals surface area contributed by atoms with Crippen LogP contribution >= 0.6 is 0 Å². The van der Waals surface area contributed by atoms with Crippen molar-refractivity contribution in [3.05, 3.63) is 0 Å². The van der Waals surface area contributed by atoms with E-state index in [4.69, 9.17) is 5.73 Å². The van der Waals surface area contributed by atoms with E-state index < -0.39 is 12.2 Å². The first-order valence-electron chi connectivity index (χ1n) is 6.15. The largest absolute Gasteiger partial charge is 0.405 e. The van der Waals surface area contributed by atoms with Crippen LogP contribution < -0.4 is 5.73 Å². The second-order valence-electron chi connectivity index (χ2n) is 4.62. The molecule has 17 heavy (non-hydrogen) atoms. The summed E-state index contributed by atoms with van der Waals surface area (Å²) < 4.78 is 38.1. The second kappa shape index (κ2) is 6.02. The smallest absolute Gasteiger partial charge is 0.329 e. The number of hydrogen-bond donors (Lipinski definition) is 1. The zero-order valence-corrected chi connectivity index (χ0v) is 10.5. The van der Waals surface area contributed by atoms with E-state index in [9.17, 15) is 13.2 Å². The third-order valence-electron chi connectivity index (χ3n) is 3.60. The van der Waals surface area contributed by atoms with Crippen LogP contribution in [0.1, 0.15) is 20.3 Å². The molecule has 0 bridgehead atoms. The Balaban J connectivity index is 2.51. The maximum absolute atomic E-state index is 12.7. The molecule has 0 aromatic carbocycles. The Kier molecular flexibility index (Phi) is 5.22. The molecule has 1 rings (SSSR count). The molecule has 1 aliphatic heterocycles. The molecular formula is C11H22F3N3. The van der Waals surface area contributed by atoms with Crippen LogP contribution in [-0.4, -0.2) is 60.8 Å². The number of alkyl halides is 3. The van der Waals surface area contributed by atoms with Gasteiger partial charge in [-0.25, -0.2) is 0 Å². The third-order valence-corrected chi connectivity index (χ3v) is 3.60. The first-order valence-corrected chi connectivity index (χ1v) is 6.15. The summed E-state index contributed by atoms with van der Waals surface area (Å²) in [5, 5.41) is 0.